The minimum Gasteiger partial charge on any atom is -0.500 e. The van der Waals surface area contributed by atoms with Gasteiger partial charge in [0.15, 0.2) is 6.29 Å². The first-order valence-electron chi connectivity index (χ1n) is 4.86. The van der Waals surface area contributed by atoms with Crippen molar-refractivity contribution in [3.63, 3.8) is 0 Å². The van der Waals surface area contributed by atoms with Crippen molar-refractivity contribution >= 4 is 23.9 Å². The van der Waals surface area contributed by atoms with E-state index in [1.807, 2.05) is 0 Å². The molecule has 6 heteroatoms. The number of hydrogen-bond donors (Lipinski definition) is 0. The van der Waals surface area contributed by atoms with Gasteiger partial charge in [-0.25, -0.2) is 4.79 Å². The second-order valence-electron chi connectivity index (χ2n) is 3.11. The van der Waals surface area contributed by atoms with Crippen molar-refractivity contribution in [1.82, 2.24) is 0 Å². The highest BCUT2D eigenvalue weighted by Crippen LogP contribution is 2.23. The van der Waals surface area contributed by atoms with E-state index < -0.39 is 5.97 Å². The summed E-state index contributed by atoms with van der Waals surface area (Å²) in [6, 6.07) is 4.43. The van der Waals surface area contributed by atoms with Crippen LogP contribution in [0.25, 0.3) is 0 Å². The Labute approximate surface area is 109 Å². The summed E-state index contributed by atoms with van der Waals surface area (Å²) in [7, 11) is 2.56. The molecule has 96 valence electrons. The summed E-state index contributed by atoms with van der Waals surface area (Å²) in [4.78, 5) is 22.2. The maximum absolute atomic E-state index is 11.4. The van der Waals surface area contributed by atoms with E-state index in [1.165, 1.54) is 32.4 Å². The van der Waals surface area contributed by atoms with Gasteiger partial charge in [0.25, 0.3) is 0 Å². The van der Waals surface area contributed by atoms with Crippen LogP contribution in [0, 0.1) is 0 Å². The van der Waals surface area contributed by atoms with E-state index in [9.17, 15) is 9.59 Å². The molecule has 0 saturated heterocycles. The summed E-state index contributed by atoms with van der Waals surface area (Å²) in [5, 5.41) is 0.389. The summed E-state index contributed by atoms with van der Waals surface area (Å²) in [5.41, 5.74) is 0.216. The summed E-state index contributed by atoms with van der Waals surface area (Å²) < 4.78 is 14.5. The molecule has 0 heterocycles. The Kier molecular flexibility index (Phi) is 5.20. The molecule has 1 aromatic rings. The molecular weight excluding hydrogens is 260 g/mol. The van der Waals surface area contributed by atoms with Gasteiger partial charge in [-0.2, -0.15) is 0 Å². The van der Waals surface area contributed by atoms with Crippen molar-refractivity contribution in [1.29, 1.82) is 0 Å². The Morgan fingerprint density at radius 3 is 2.61 bits per heavy atom. The van der Waals surface area contributed by atoms with Gasteiger partial charge in [0.1, 0.15) is 12.0 Å². The average Bonchev–Trinajstić information content (AvgIpc) is 2.39. The number of halogens is 1. The fourth-order valence-corrected chi connectivity index (χ4v) is 1.32. The smallest absolute Gasteiger partial charge is 0.377 e. The van der Waals surface area contributed by atoms with Crippen LogP contribution in [-0.4, -0.2) is 26.5 Å². The van der Waals surface area contributed by atoms with Gasteiger partial charge in [-0.15, -0.1) is 0 Å². The predicted octanol–water partition coefficient (Wildman–Crippen LogP) is 2.19. The van der Waals surface area contributed by atoms with Crippen LogP contribution in [0.15, 0.2) is 30.2 Å². The molecule has 0 saturated carbocycles. The van der Waals surface area contributed by atoms with E-state index in [4.69, 9.17) is 21.1 Å². The Hall–Kier alpha value is -2.01. The molecule has 0 bridgehead atoms. The highest BCUT2D eigenvalue weighted by molar-refractivity contribution is 6.30. The molecule has 0 amide bonds. The molecule has 0 unspecified atom stereocenters. The molecule has 0 aliphatic rings. The van der Waals surface area contributed by atoms with E-state index in [1.54, 1.807) is 0 Å². The third-order valence-corrected chi connectivity index (χ3v) is 2.17. The first kappa shape index (κ1) is 14.1. The fraction of sp³-hybridized carbons (Fsp3) is 0.167. The van der Waals surface area contributed by atoms with E-state index in [2.05, 4.69) is 4.74 Å². The molecule has 0 aliphatic heterocycles. The number of hydrogen-bond acceptors (Lipinski definition) is 5. The van der Waals surface area contributed by atoms with Gasteiger partial charge in [-0.05, 0) is 18.2 Å². The zero-order chi connectivity index (χ0) is 13.5. The van der Waals surface area contributed by atoms with E-state index in [-0.39, 0.29) is 17.1 Å². The predicted molar refractivity (Wildman–Crippen MR) is 64.6 cm³/mol. The number of benzene rings is 1. The number of methoxy groups -OCH3 is 2. The lowest BCUT2D eigenvalue weighted by Gasteiger charge is -2.09. The van der Waals surface area contributed by atoms with Gasteiger partial charge in [0.05, 0.1) is 19.8 Å². The molecule has 18 heavy (non-hydrogen) atoms. The standard InChI is InChI=1S/C12H11ClO5/c1-16-7-11(12(15)17-2)18-10-4-3-9(13)5-8(10)6-14/h3-7H,1-2H3/b11-7+. The zero-order valence-electron chi connectivity index (χ0n) is 9.81. The second kappa shape index (κ2) is 6.66. The monoisotopic (exact) mass is 270 g/mol. The normalized spacial score (nSPS) is 10.7. The minimum absolute atomic E-state index is 0.176. The first-order chi connectivity index (χ1) is 8.62. The lowest BCUT2D eigenvalue weighted by Crippen LogP contribution is -2.12. The quantitative estimate of drug-likeness (QED) is 0.355. The summed E-state index contributed by atoms with van der Waals surface area (Å²) in [6.45, 7) is 0. The number of carbonyl (C=O) groups is 2. The van der Waals surface area contributed by atoms with Crippen LogP contribution < -0.4 is 4.74 Å². The minimum atomic E-state index is -0.719. The molecule has 1 rings (SSSR count). The van der Waals surface area contributed by atoms with Gasteiger partial charge in [-0.1, -0.05) is 11.6 Å². The van der Waals surface area contributed by atoms with Crippen molar-refractivity contribution in [3.05, 3.63) is 40.8 Å². The third kappa shape index (κ3) is 3.49. The molecule has 0 fully saturated rings. The maximum Gasteiger partial charge on any atom is 0.377 e. The lowest BCUT2D eigenvalue weighted by molar-refractivity contribution is -0.138. The van der Waals surface area contributed by atoms with Crippen molar-refractivity contribution in [2.45, 2.75) is 0 Å². The fourth-order valence-electron chi connectivity index (χ4n) is 1.14. The summed E-state index contributed by atoms with van der Waals surface area (Å²) >= 11 is 5.74. The zero-order valence-corrected chi connectivity index (χ0v) is 10.6. The molecule has 0 aliphatic carbocycles. The van der Waals surface area contributed by atoms with E-state index >= 15 is 0 Å². The van der Waals surface area contributed by atoms with Gasteiger partial charge < -0.3 is 14.2 Å². The molecule has 0 spiro atoms. The van der Waals surface area contributed by atoms with Crippen LogP contribution in [0.3, 0.4) is 0 Å². The maximum atomic E-state index is 11.4. The topological polar surface area (TPSA) is 61.8 Å². The van der Waals surface area contributed by atoms with Gasteiger partial charge in [-0.3, -0.25) is 4.79 Å². The van der Waals surface area contributed by atoms with Gasteiger partial charge in [0, 0.05) is 5.02 Å². The molecule has 0 atom stereocenters. The van der Waals surface area contributed by atoms with Crippen LogP contribution in [0.4, 0.5) is 0 Å². The van der Waals surface area contributed by atoms with Crippen LogP contribution in [0.1, 0.15) is 10.4 Å². The SMILES string of the molecule is CO/C=C(/Oc1ccc(Cl)cc1C=O)C(=O)OC. The molecule has 1 aromatic carbocycles. The Morgan fingerprint density at radius 2 is 2.06 bits per heavy atom. The largest absolute Gasteiger partial charge is 0.500 e. The van der Waals surface area contributed by atoms with E-state index in [0.717, 1.165) is 6.26 Å². The van der Waals surface area contributed by atoms with Crippen LogP contribution in [0.5, 0.6) is 5.75 Å². The van der Waals surface area contributed by atoms with Gasteiger partial charge >= 0.3 is 5.97 Å². The van der Waals surface area contributed by atoms with Crippen molar-refractivity contribution in [2.24, 2.45) is 0 Å². The van der Waals surface area contributed by atoms with Gasteiger partial charge in [0.2, 0.25) is 5.76 Å². The molecule has 5 nitrogen and oxygen atoms in total. The number of rotatable bonds is 5. The Balaban J connectivity index is 3.04. The van der Waals surface area contributed by atoms with E-state index in [0.29, 0.717) is 11.3 Å². The van der Waals surface area contributed by atoms with Crippen LogP contribution >= 0.6 is 11.6 Å². The highest BCUT2D eigenvalue weighted by atomic mass is 35.5. The Morgan fingerprint density at radius 1 is 1.33 bits per heavy atom. The number of aldehydes is 1. The molecule has 0 radical (unpaired) electrons. The lowest BCUT2D eigenvalue weighted by atomic mass is 10.2. The third-order valence-electron chi connectivity index (χ3n) is 1.93. The average molecular weight is 271 g/mol. The van der Waals surface area contributed by atoms with Crippen molar-refractivity contribution in [3.8, 4) is 5.75 Å². The Bertz CT molecular complexity index is 481. The highest BCUT2D eigenvalue weighted by Gasteiger charge is 2.15. The summed E-state index contributed by atoms with van der Waals surface area (Å²) in [5.74, 6) is -0.711. The van der Waals surface area contributed by atoms with Crippen molar-refractivity contribution in [2.75, 3.05) is 14.2 Å². The molecule has 0 N–H and O–H groups in total. The van der Waals surface area contributed by atoms with Crippen LogP contribution in [0.2, 0.25) is 5.02 Å². The van der Waals surface area contributed by atoms with Crippen molar-refractivity contribution < 1.29 is 23.8 Å². The summed E-state index contributed by atoms with van der Waals surface area (Å²) in [6.07, 6.45) is 1.65. The molecule has 0 aromatic heterocycles. The molecular formula is C12H11ClO5. The number of esters is 1. The first-order valence-corrected chi connectivity index (χ1v) is 5.24. The number of ether oxygens (including phenoxy) is 3. The number of carbonyl (C=O) groups excluding carboxylic acids is 2. The van der Waals surface area contributed by atoms with Crippen LogP contribution in [-0.2, 0) is 14.3 Å². The second-order valence-corrected chi connectivity index (χ2v) is 3.55.